The molecular formula is C19H19N5O4. The van der Waals surface area contributed by atoms with Crippen molar-refractivity contribution in [2.24, 2.45) is 5.73 Å². The molecule has 2 aliphatic rings. The van der Waals surface area contributed by atoms with E-state index in [2.05, 4.69) is 21.4 Å². The van der Waals surface area contributed by atoms with Crippen LogP contribution in [0.15, 0.2) is 36.5 Å². The third kappa shape index (κ3) is 3.80. The fourth-order valence-electron chi connectivity index (χ4n) is 3.42. The molecule has 2 aliphatic heterocycles. The summed E-state index contributed by atoms with van der Waals surface area (Å²) in [5.74, 6) is -0.0824. The minimum absolute atomic E-state index is 0.145. The van der Waals surface area contributed by atoms with Gasteiger partial charge >= 0.3 is 0 Å². The van der Waals surface area contributed by atoms with Gasteiger partial charge in [0, 0.05) is 11.8 Å². The van der Waals surface area contributed by atoms with Gasteiger partial charge in [-0.2, -0.15) is 5.26 Å². The van der Waals surface area contributed by atoms with Gasteiger partial charge in [-0.25, -0.2) is 9.97 Å². The van der Waals surface area contributed by atoms with Crippen LogP contribution in [0.1, 0.15) is 5.56 Å². The molecule has 0 radical (unpaired) electrons. The summed E-state index contributed by atoms with van der Waals surface area (Å²) in [7, 11) is 0. The van der Waals surface area contributed by atoms with Crippen molar-refractivity contribution in [1.29, 1.82) is 5.26 Å². The zero-order valence-corrected chi connectivity index (χ0v) is 14.9. The zero-order valence-electron chi connectivity index (χ0n) is 14.9. The van der Waals surface area contributed by atoms with Crippen molar-refractivity contribution in [2.45, 2.75) is 24.4 Å². The van der Waals surface area contributed by atoms with Gasteiger partial charge in [-0.1, -0.05) is 12.1 Å². The van der Waals surface area contributed by atoms with Crippen LogP contribution in [-0.2, 0) is 19.0 Å². The molecule has 9 nitrogen and oxygen atoms in total. The lowest BCUT2D eigenvalue weighted by Gasteiger charge is -2.18. The normalized spacial score (nSPS) is 25.8. The highest BCUT2D eigenvalue weighted by Crippen LogP contribution is 2.30. The number of carbonyl (C=O) groups excluding carboxylic acids is 1. The molecule has 3 heterocycles. The number of fused-ring (bicyclic) bond motifs is 1. The SMILES string of the molecule is N#Cc1cccc(-c2ccnc(N[C@@H]3CO[C@@H]4[C@@H]3OC[C@H]4OCC(N)=O)n2)c1. The molecule has 2 fully saturated rings. The van der Waals surface area contributed by atoms with Crippen LogP contribution < -0.4 is 11.1 Å². The van der Waals surface area contributed by atoms with Crippen molar-refractivity contribution >= 4 is 11.9 Å². The second-order valence-corrected chi connectivity index (χ2v) is 6.62. The Morgan fingerprint density at radius 1 is 1.32 bits per heavy atom. The van der Waals surface area contributed by atoms with E-state index in [4.69, 9.17) is 25.2 Å². The van der Waals surface area contributed by atoms with Crippen LogP contribution in [0.4, 0.5) is 5.95 Å². The van der Waals surface area contributed by atoms with Gasteiger partial charge in [-0.3, -0.25) is 4.79 Å². The predicted octanol–water partition coefficient (Wildman–Crippen LogP) is 0.464. The van der Waals surface area contributed by atoms with E-state index in [1.165, 1.54) is 0 Å². The summed E-state index contributed by atoms with van der Waals surface area (Å²) in [6.07, 6.45) is 0.829. The Bertz CT molecular complexity index is 915. The third-order valence-electron chi connectivity index (χ3n) is 4.71. The molecule has 0 aliphatic carbocycles. The van der Waals surface area contributed by atoms with Crippen LogP contribution >= 0.6 is 0 Å². The molecule has 1 aromatic heterocycles. The average Bonchev–Trinajstić information content (AvgIpc) is 3.30. The Morgan fingerprint density at radius 2 is 2.18 bits per heavy atom. The molecule has 0 bridgehead atoms. The highest BCUT2D eigenvalue weighted by molar-refractivity contribution is 5.75. The zero-order chi connectivity index (χ0) is 19.5. The van der Waals surface area contributed by atoms with Gasteiger partial charge < -0.3 is 25.3 Å². The molecular weight excluding hydrogens is 362 g/mol. The van der Waals surface area contributed by atoms with E-state index < -0.39 is 5.91 Å². The number of amides is 1. The maximum atomic E-state index is 10.9. The molecule has 0 spiro atoms. The Morgan fingerprint density at radius 3 is 3.00 bits per heavy atom. The van der Waals surface area contributed by atoms with Gasteiger partial charge in [0.1, 0.15) is 24.9 Å². The summed E-state index contributed by atoms with van der Waals surface area (Å²) in [6.45, 7) is 0.581. The number of rotatable bonds is 6. The molecule has 144 valence electrons. The van der Waals surface area contributed by atoms with Crippen LogP contribution in [0.2, 0.25) is 0 Å². The Hall–Kier alpha value is -3.06. The number of nitrogens with two attached hydrogens (primary N) is 1. The van der Waals surface area contributed by atoms with Crippen molar-refractivity contribution in [3.05, 3.63) is 42.1 Å². The van der Waals surface area contributed by atoms with Crippen LogP contribution in [-0.4, -0.2) is 60.0 Å². The molecule has 0 saturated carbocycles. The van der Waals surface area contributed by atoms with Gasteiger partial charge in [0.05, 0.1) is 36.6 Å². The number of hydrogen-bond donors (Lipinski definition) is 2. The summed E-state index contributed by atoms with van der Waals surface area (Å²) < 4.78 is 17.1. The number of benzene rings is 1. The van der Waals surface area contributed by atoms with Crippen molar-refractivity contribution < 1.29 is 19.0 Å². The molecule has 9 heteroatoms. The molecule has 2 aromatic rings. The highest BCUT2D eigenvalue weighted by atomic mass is 16.6. The number of aromatic nitrogens is 2. The van der Waals surface area contributed by atoms with E-state index in [-0.39, 0.29) is 31.0 Å². The van der Waals surface area contributed by atoms with E-state index in [1.54, 1.807) is 24.4 Å². The number of carbonyl (C=O) groups is 1. The average molecular weight is 381 g/mol. The van der Waals surface area contributed by atoms with Crippen molar-refractivity contribution in [3.63, 3.8) is 0 Å². The van der Waals surface area contributed by atoms with Gasteiger partial charge in [0.2, 0.25) is 11.9 Å². The first-order valence-corrected chi connectivity index (χ1v) is 8.87. The smallest absolute Gasteiger partial charge is 0.243 e. The minimum Gasteiger partial charge on any atom is -0.370 e. The van der Waals surface area contributed by atoms with Crippen molar-refractivity contribution in [2.75, 3.05) is 25.1 Å². The number of hydrogen-bond acceptors (Lipinski definition) is 8. The van der Waals surface area contributed by atoms with E-state index in [9.17, 15) is 4.79 Å². The summed E-state index contributed by atoms with van der Waals surface area (Å²) in [4.78, 5) is 19.7. The number of primary amides is 1. The number of nitriles is 1. The fraction of sp³-hybridized carbons (Fsp3) is 0.368. The summed E-state index contributed by atoms with van der Waals surface area (Å²) in [5, 5.41) is 12.3. The van der Waals surface area contributed by atoms with Crippen LogP contribution in [0.3, 0.4) is 0 Å². The maximum absolute atomic E-state index is 10.9. The van der Waals surface area contributed by atoms with Crippen molar-refractivity contribution in [3.8, 4) is 17.3 Å². The summed E-state index contributed by atoms with van der Waals surface area (Å²) >= 11 is 0. The first-order valence-electron chi connectivity index (χ1n) is 8.87. The minimum atomic E-state index is -0.526. The molecule has 1 amide bonds. The van der Waals surface area contributed by atoms with E-state index in [0.717, 1.165) is 5.56 Å². The number of nitrogens with one attached hydrogen (secondary N) is 1. The predicted molar refractivity (Wildman–Crippen MR) is 98.0 cm³/mol. The van der Waals surface area contributed by atoms with Gasteiger partial charge in [-0.05, 0) is 18.2 Å². The molecule has 28 heavy (non-hydrogen) atoms. The molecule has 1 aromatic carbocycles. The van der Waals surface area contributed by atoms with Gasteiger partial charge in [-0.15, -0.1) is 0 Å². The standard InChI is InChI=1S/C19H19N5O4/c20-7-11-2-1-3-12(6-11)13-4-5-22-19(23-13)24-14-8-27-18-15(9-28-17(14)18)26-10-16(21)25/h1-6,14-15,17-18H,8-10H2,(H2,21,25)(H,22,23,24)/t14-,15-,17-,18+/m1/s1. The van der Waals surface area contributed by atoms with Crippen molar-refractivity contribution in [1.82, 2.24) is 9.97 Å². The molecule has 3 N–H and O–H groups in total. The summed E-state index contributed by atoms with van der Waals surface area (Å²) in [6, 6.07) is 11.0. The van der Waals surface area contributed by atoms with Gasteiger partial charge in [0.25, 0.3) is 0 Å². The lowest BCUT2D eigenvalue weighted by atomic mass is 10.1. The second-order valence-electron chi connectivity index (χ2n) is 6.62. The Balaban J connectivity index is 1.44. The Kier molecular flexibility index (Phi) is 5.16. The first kappa shape index (κ1) is 18.3. The summed E-state index contributed by atoms with van der Waals surface area (Å²) in [5.41, 5.74) is 7.24. The lowest BCUT2D eigenvalue weighted by Crippen LogP contribution is -2.37. The molecule has 0 unspecified atom stereocenters. The maximum Gasteiger partial charge on any atom is 0.243 e. The first-order chi connectivity index (χ1) is 13.6. The molecule has 2 saturated heterocycles. The quantitative estimate of drug-likeness (QED) is 0.738. The monoisotopic (exact) mass is 381 g/mol. The van der Waals surface area contributed by atoms with Crippen LogP contribution in [0.25, 0.3) is 11.3 Å². The highest BCUT2D eigenvalue weighted by Gasteiger charge is 2.48. The third-order valence-corrected chi connectivity index (χ3v) is 4.71. The van der Waals surface area contributed by atoms with Crippen LogP contribution in [0, 0.1) is 11.3 Å². The largest absolute Gasteiger partial charge is 0.370 e. The molecule has 4 atom stereocenters. The van der Waals surface area contributed by atoms with E-state index in [1.807, 2.05) is 12.1 Å². The van der Waals surface area contributed by atoms with Crippen LogP contribution in [0.5, 0.6) is 0 Å². The number of anilines is 1. The number of nitrogens with zero attached hydrogens (tertiary/aromatic N) is 3. The fourth-order valence-corrected chi connectivity index (χ4v) is 3.42. The second kappa shape index (κ2) is 7.90. The van der Waals surface area contributed by atoms with E-state index >= 15 is 0 Å². The topological polar surface area (TPSA) is 132 Å². The lowest BCUT2D eigenvalue weighted by molar-refractivity contribution is -0.126. The molecule has 4 rings (SSSR count). The number of ether oxygens (including phenoxy) is 3. The Labute approximate surface area is 161 Å². The van der Waals surface area contributed by atoms with Gasteiger partial charge in [0.15, 0.2) is 0 Å². The van der Waals surface area contributed by atoms with E-state index in [0.29, 0.717) is 30.4 Å².